The molecule has 3 rings (SSSR count). The number of amides is 1. The Labute approximate surface area is 272 Å². The zero-order valence-corrected chi connectivity index (χ0v) is 29.4. The van der Waals surface area contributed by atoms with Crippen molar-refractivity contribution in [3.63, 3.8) is 0 Å². The number of hydrogen-bond acceptors (Lipinski definition) is 2. The second-order valence-electron chi connectivity index (χ2n) is 10.9. The van der Waals surface area contributed by atoms with Crippen LogP contribution in [-0.4, -0.2) is 22.7 Å². The van der Waals surface area contributed by atoms with E-state index < -0.39 is 5.91 Å². The molecular formula is C37H56Cl2N2O2. The fraction of sp³-hybridized carbons (Fsp3) is 0.541. The first-order chi connectivity index (χ1) is 20.6. The van der Waals surface area contributed by atoms with Crippen LogP contribution in [0, 0.1) is 17.8 Å². The van der Waals surface area contributed by atoms with Crippen LogP contribution in [0.1, 0.15) is 145 Å². The number of aromatic nitrogens is 1. The van der Waals surface area contributed by atoms with Crippen molar-refractivity contribution in [3.8, 4) is 11.8 Å². The fourth-order valence-corrected chi connectivity index (χ4v) is 5.53. The molecule has 3 unspecified atom stereocenters. The third kappa shape index (κ3) is 13.4. The van der Waals surface area contributed by atoms with Crippen molar-refractivity contribution < 1.29 is 9.90 Å². The summed E-state index contributed by atoms with van der Waals surface area (Å²) in [5, 5.41) is 8.52. The maximum atomic E-state index is 10.9. The first-order valence-electron chi connectivity index (χ1n) is 15.8. The van der Waals surface area contributed by atoms with Gasteiger partial charge < -0.3 is 15.4 Å². The minimum absolute atomic E-state index is 0.426. The molecule has 1 fully saturated rings. The monoisotopic (exact) mass is 630 g/mol. The molecule has 1 aliphatic carbocycles. The quantitative estimate of drug-likeness (QED) is 0.214. The molecule has 1 heterocycles. The van der Waals surface area contributed by atoms with Crippen LogP contribution in [0.25, 0.3) is 5.03 Å². The highest BCUT2D eigenvalue weighted by Crippen LogP contribution is 2.42. The normalized spacial score (nSPS) is 16.4. The van der Waals surface area contributed by atoms with Gasteiger partial charge in [0, 0.05) is 53.2 Å². The number of primary amides is 1. The van der Waals surface area contributed by atoms with E-state index in [-0.39, 0.29) is 0 Å². The molecule has 6 heteroatoms. The molecule has 1 saturated carbocycles. The lowest BCUT2D eigenvalue weighted by Gasteiger charge is -2.22. The Morgan fingerprint density at radius 1 is 1.21 bits per heavy atom. The number of rotatable bonds is 9. The number of aliphatic hydroxyl groups is 1. The van der Waals surface area contributed by atoms with Crippen molar-refractivity contribution in [2.75, 3.05) is 7.11 Å². The highest BCUT2D eigenvalue weighted by atomic mass is 35.5. The van der Waals surface area contributed by atoms with Crippen molar-refractivity contribution in [1.82, 2.24) is 4.57 Å². The van der Waals surface area contributed by atoms with E-state index in [4.69, 9.17) is 34.0 Å². The molecule has 1 amide bonds. The number of aliphatic hydroxyl groups excluding tert-OH is 1. The Morgan fingerprint density at radius 3 is 2.40 bits per heavy atom. The summed E-state index contributed by atoms with van der Waals surface area (Å²) >= 11 is 12.6. The second kappa shape index (κ2) is 23.0. The molecule has 0 bridgehead atoms. The van der Waals surface area contributed by atoms with Crippen LogP contribution in [-0.2, 0) is 0 Å². The molecule has 0 aliphatic heterocycles. The zero-order chi connectivity index (χ0) is 32.9. The number of benzene rings is 1. The van der Waals surface area contributed by atoms with Crippen LogP contribution < -0.4 is 5.73 Å². The van der Waals surface area contributed by atoms with Gasteiger partial charge in [-0.05, 0) is 82.1 Å². The largest absolute Gasteiger partial charge is 0.400 e. The van der Waals surface area contributed by atoms with Crippen molar-refractivity contribution in [2.24, 2.45) is 11.7 Å². The van der Waals surface area contributed by atoms with Crippen LogP contribution in [0.5, 0.6) is 0 Å². The van der Waals surface area contributed by atoms with Gasteiger partial charge in [-0.15, -0.1) is 6.58 Å². The number of nitrogens with two attached hydrogens (primary N) is 1. The first-order valence-corrected chi connectivity index (χ1v) is 16.5. The van der Waals surface area contributed by atoms with Crippen LogP contribution in [0.4, 0.5) is 0 Å². The van der Waals surface area contributed by atoms with Gasteiger partial charge in [-0.3, -0.25) is 4.79 Å². The molecule has 0 radical (unpaired) electrons. The van der Waals surface area contributed by atoms with E-state index in [1.54, 1.807) is 24.3 Å². The van der Waals surface area contributed by atoms with E-state index in [1.165, 1.54) is 61.8 Å². The third-order valence-corrected chi connectivity index (χ3v) is 8.56. The van der Waals surface area contributed by atoms with Gasteiger partial charge in [0.05, 0.1) is 5.02 Å². The molecule has 1 aliphatic rings. The number of carbonyl (C=O) groups excluding carboxylic acids is 1. The van der Waals surface area contributed by atoms with Crippen molar-refractivity contribution in [2.45, 2.75) is 118 Å². The fourth-order valence-electron chi connectivity index (χ4n) is 5.08. The minimum atomic E-state index is -0.471. The summed E-state index contributed by atoms with van der Waals surface area (Å²) in [4.78, 5) is 10.9. The number of halogens is 2. The summed E-state index contributed by atoms with van der Waals surface area (Å²) in [5.41, 5.74) is 10.2. The summed E-state index contributed by atoms with van der Waals surface area (Å²) in [6.45, 7) is 18.5. The number of hydrogen-bond donors (Lipinski definition) is 2. The van der Waals surface area contributed by atoms with Gasteiger partial charge in [0.15, 0.2) is 0 Å². The molecule has 3 atom stereocenters. The maximum Gasteiger partial charge on any atom is 0.248 e. The highest BCUT2D eigenvalue weighted by Gasteiger charge is 2.29. The van der Waals surface area contributed by atoms with Gasteiger partial charge in [-0.2, -0.15) is 0 Å². The van der Waals surface area contributed by atoms with E-state index in [0.29, 0.717) is 28.1 Å². The lowest BCUT2D eigenvalue weighted by Crippen LogP contribution is -2.11. The maximum absolute atomic E-state index is 10.9. The van der Waals surface area contributed by atoms with E-state index >= 15 is 0 Å². The average Bonchev–Trinajstić information content (AvgIpc) is 3.67. The van der Waals surface area contributed by atoms with Crippen LogP contribution in [0.2, 0.25) is 5.02 Å². The number of unbranched alkanes of at least 4 members (excludes halogenated alkanes) is 1. The first kappa shape index (κ1) is 40.6. The molecular weight excluding hydrogens is 575 g/mol. The van der Waals surface area contributed by atoms with Crippen molar-refractivity contribution in [3.05, 3.63) is 76.1 Å². The SMILES string of the molecule is C=CC.CCC#Cc1cc(C(N)=O)ccc1Cl.CCCCC1CCC(n2ccc(/C(Cl)=C(\C)CC)c2C(C)CC)C1.CO. The Kier molecular flexibility index (Phi) is 21.7. The van der Waals surface area contributed by atoms with Gasteiger partial charge in [-0.1, -0.05) is 101 Å². The Bertz CT molecular complexity index is 1200. The molecule has 2 aromatic rings. The lowest BCUT2D eigenvalue weighted by atomic mass is 9.98. The molecule has 240 valence electrons. The zero-order valence-electron chi connectivity index (χ0n) is 27.9. The third-order valence-electron chi connectivity index (χ3n) is 7.70. The highest BCUT2D eigenvalue weighted by molar-refractivity contribution is 6.49. The van der Waals surface area contributed by atoms with Crippen molar-refractivity contribution >= 4 is 34.1 Å². The van der Waals surface area contributed by atoms with E-state index in [1.807, 2.05) is 13.8 Å². The molecule has 4 nitrogen and oxygen atoms in total. The lowest BCUT2D eigenvalue weighted by molar-refractivity contribution is 0.1000. The van der Waals surface area contributed by atoms with Gasteiger partial charge >= 0.3 is 0 Å². The van der Waals surface area contributed by atoms with Crippen LogP contribution in [0.3, 0.4) is 0 Å². The van der Waals surface area contributed by atoms with Gasteiger partial charge in [0.25, 0.3) is 0 Å². The van der Waals surface area contributed by atoms with Crippen LogP contribution >= 0.6 is 23.2 Å². The molecule has 0 saturated heterocycles. The Hall–Kier alpha value is -2.45. The van der Waals surface area contributed by atoms with E-state index in [2.05, 4.69) is 69.9 Å². The summed E-state index contributed by atoms with van der Waals surface area (Å²) < 4.78 is 2.58. The standard InChI is InChI=1S/C22H36ClN.C11H10ClNO.C3H6.CH4O/c1-6-9-10-18-11-12-19(15-18)24-14-13-20(21(23)16(4)7-2)22(24)17(5)8-3;1-2-3-4-8-7-9(11(13)14)5-6-10(8)12;1-3-2;1-2/h13-14,17-19H,6-12,15H2,1-5H3;5-7H,2H2,1H3,(H2,13,14);3H,1H2,2H3;2H,1H3/b21-16-;;;. The van der Waals surface area contributed by atoms with Gasteiger partial charge in [0.2, 0.25) is 5.91 Å². The molecule has 0 spiro atoms. The Balaban J connectivity index is 0.000000787. The second-order valence-corrected chi connectivity index (χ2v) is 11.7. The Morgan fingerprint density at radius 2 is 1.86 bits per heavy atom. The topological polar surface area (TPSA) is 68.2 Å². The van der Waals surface area contributed by atoms with E-state index in [0.717, 1.165) is 30.9 Å². The summed E-state index contributed by atoms with van der Waals surface area (Å²) in [6, 6.07) is 7.76. The minimum Gasteiger partial charge on any atom is -0.400 e. The average molecular weight is 632 g/mol. The predicted octanol–water partition coefficient (Wildman–Crippen LogP) is 10.9. The van der Waals surface area contributed by atoms with Crippen molar-refractivity contribution in [1.29, 1.82) is 0 Å². The summed E-state index contributed by atoms with van der Waals surface area (Å²) in [5.74, 6) is 6.77. The molecule has 1 aromatic heterocycles. The number of nitrogens with zero attached hydrogens (tertiary/aromatic N) is 1. The predicted molar refractivity (Wildman–Crippen MR) is 189 cm³/mol. The molecule has 3 N–H and O–H groups in total. The summed E-state index contributed by atoms with van der Waals surface area (Å²) in [6.07, 6.45) is 15.2. The summed E-state index contributed by atoms with van der Waals surface area (Å²) in [7, 11) is 1.00. The number of carbonyl (C=O) groups is 1. The van der Waals surface area contributed by atoms with E-state index in [9.17, 15) is 4.79 Å². The van der Waals surface area contributed by atoms with Gasteiger partial charge in [0.1, 0.15) is 0 Å². The smallest absolute Gasteiger partial charge is 0.248 e. The molecule has 43 heavy (non-hydrogen) atoms. The molecule has 1 aromatic carbocycles. The van der Waals surface area contributed by atoms with Crippen LogP contribution in [0.15, 0.2) is 48.7 Å². The van der Waals surface area contributed by atoms with Gasteiger partial charge in [-0.25, -0.2) is 0 Å². The number of allylic oxidation sites excluding steroid dienone is 2.